The van der Waals surface area contributed by atoms with E-state index < -0.39 is 17.7 Å². The molecule has 6 nitrogen and oxygen atoms in total. The summed E-state index contributed by atoms with van der Waals surface area (Å²) in [6.07, 6.45) is -0.480. The van der Waals surface area contributed by atoms with Crippen LogP contribution in [0.5, 0.6) is 0 Å². The molecule has 0 rings (SSSR count). The van der Waals surface area contributed by atoms with E-state index in [1.165, 1.54) is 0 Å². The van der Waals surface area contributed by atoms with E-state index in [2.05, 4.69) is 5.16 Å². The van der Waals surface area contributed by atoms with E-state index in [1.807, 2.05) is 20.8 Å². The molecule has 0 saturated carbocycles. The molecule has 4 N–H and O–H groups in total. The summed E-state index contributed by atoms with van der Waals surface area (Å²) in [7, 11) is 0. The lowest BCUT2D eigenvalue weighted by Crippen LogP contribution is -2.35. The van der Waals surface area contributed by atoms with Crippen molar-refractivity contribution in [3.63, 3.8) is 0 Å². The van der Waals surface area contributed by atoms with E-state index in [4.69, 9.17) is 20.8 Å². The van der Waals surface area contributed by atoms with Crippen molar-refractivity contribution in [2.24, 2.45) is 10.9 Å². The van der Waals surface area contributed by atoms with Crippen LogP contribution in [0.25, 0.3) is 0 Å². The van der Waals surface area contributed by atoms with Crippen LogP contribution < -0.4 is 5.73 Å². The molecule has 0 aliphatic carbocycles. The molecule has 0 aromatic rings. The molecule has 88 valence electrons. The second kappa shape index (κ2) is 5.67. The highest BCUT2D eigenvalue weighted by molar-refractivity contribution is 6.35. The summed E-state index contributed by atoms with van der Waals surface area (Å²) in [6, 6.07) is 0. The highest BCUT2D eigenvalue weighted by atomic mass is 16.5. The first-order valence-electron chi connectivity index (χ1n) is 4.62. The van der Waals surface area contributed by atoms with Crippen LogP contribution in [0, 0.1) is 0 Å². The molecule has 0 unspecified atom stereocenters. The minimum absolute atomic E-state index is 0.0143. The van der Waals surface area contributed by atoms with Crippen LogP contribution in [-0.2, 0) is 9.53 Å². The maximum atomic E-state index is 10.6. The van der Waals surface area contributed by atoms with Crippen LogP contribution in [0.4, 0.5) is 0 Å². The van der Waals surface area contributed by atoms with Gasteiger partial charge in [0.25, 0.3) is 0 Å². The molecule has 0 aromatic carbocycles. The van der Waals surface area contributed by atoms with E-state index in [1.54, 1.807) is 0 Å². The summed E-state index contributed by atoms with van der Waals surface area (Å²) < 4.78 is 5.49. The predicted molar refractivity (Wildman–Crippen MR) is 55.2 cm³/mol. The first kappa shape index (κ1) is 13.9. The third kappa shape index (κ3) is 6.03. The summed E-state index contributed by atoms with van der Waals surface area (Å²) >= 11 is 0. The molecule has 0 heterocycles. The molecule has 0 spiro atoms. The molecule has 0 radical (unpaired) electrons. The summed E-state index contributed by atoms with van der Waals surface area (Å²) in [4.78, 5) is 10.6. The monoisotopic (exact) mass is 218 g/mol. The number of rotatable bonds is 5. The van der Waals surface area contributed by atoms with Crippen LogP contribution in [0.1, 0.15) is 27.2 Å². The lowest BCUT2D eigenvalue weighted by molar-refractivity contribution is -0.130. The van der Waals surface area contributed by atoms with Gasteiger partial charge in [-0.1, -0.05) is 5.16 Å². The van der Waals surface area contributed by atoms with Gasteiger partial charge in [-0.05, 0) is 20.8 Å². The standard InChI is InChI=1S/C9H18N2O4/c1-9(2,3)15-6(5-10)4-7(11-14)8(12)13/h6,14H,4-5,10H2,1-3H3,(H,12,13)/b11-7+/t6-/m1/s1. The number of hydrogen-bond donors (Lipinski definition) is 3. The lowest BCUT2D eigenvalue weighted by atomic mass is 10.1. The number of oxime groups is 1. The highest BCUT2D eigenvalue weighted by Gasteiger charge is 2.22. The molecule has 0 aliphatic rings. The SMILES string of the molecule is CC(C)(C)O[C@@H](CN)C/C(=N\O)C(=O)O. The maximum absolute atomic E-state index is 10.6. The van der Waals surface area contributed by atoms with Gasteiger partial charge in [0.2, 0.25) is 0 Å². The Bertz CT molecular complexity index is 245. The molecule has 15 heavy (non-hydrogen) atoms. The Balaban J connectivity index is 4.39. The first-order chi connectivity index (χ1) is 6.80. The predicted octanol–water partition coefficient (Wildman–Crippen LogP) is 0.434. The van der Waals surface area contributed by atoms with Gasteiger partial charge < -0.3 is 20.8 Å². The number of ether oxygens (including phenoxy) is 1. The molecule has 6 heteroatoms. The second-order valence-electron chi connectivity index (χ2n) is 4.14. The topological polar surface area (TPSA) is 105 Å². The Hall–Kier alpha value is -1.14. The zero-order valence-electron chi connectivity index (χ0n) is 9.23. The fourth-order valence-corrected chi connectivity index (χ4v) is 1.06. The fourth-order valence-electron chi connectivity index (χ4n) is 1.06. The molecule has 0 fully saturated rings. The summed E-state index contributed by atoms with van der Waals surface area (Å²) in [5.74, 6) is -1.27. The van der Waals surface area contributed by atoms with Gasteiger partial charge in [-0.25, -0.2) is 4.79 Å². The summed E-state index contributed by atoms with van der Waals surface area (Å²) in [5, 5.41) is 19.8. The molecular weight excluding hydrogens is 200 g/mol. The molecule has 0 saturated heterocycles. The van der Waals surface area contributed by atoms with Crippen molar-refractivity contribution in [2.45, 2.75) is 38.9 Å². The third-order valence-electron chi connectivity index (χ3n) is 1.57. The number of nitrogens with two attached hydrogens (primary N) is 1. The Kier molecular flexibility index (Phi) is 5.24. The Morgan fingerprint density at radius 3 is 2.33 bits per heavy atom. The van der Waals surface area contributed by atoms with Gasteiger partial charge in [0, 0.05) is 13.0 Å². The quantitative estimate of drug-likeness (QED) is 0.352. The van der Waals surface area contributed by atoms with Crippen molar-refractivity contribution in [3.8, 4) is 0 Å². The van der Waals surface area contributed by atoms with Gasteiger partial charge in [0.1, 0.15) is 0 Å². The van der Waals surface area contributed by atoms with E-state index in [0.29, 0.717) is 0 Å². The summed E-state index contributed by atoms with van der Waals surface area (Å²) in [5.41, 5.74) is 4.66. The van der Waals surface area contributed by atoms with Gasteiger partial charge in [-0.2, -0.15) is 0 Å². The van der Waals surface area contributed by atoms with Crippen molar-refractivity contribution >= 4 is 11.7 Å². The van der Waals surface area contributed by atoms with E-state index in [0.717, 1.165) is 0 Å². The molecule has 0 aromatic heterocycles. The molecular formula is C9H18N2O4. The average Bonchev–Trinajstić information content (AvgIpc) is 2.09. The van der Waals surface area contributed by atoms with Crippen LogP contribution in [0.3, 0.4) is 0 Å². The number of aliphatic carboxylic acids is 1. The van der Waals surface area contributed by atoms with Crippen molar-refractivity contribution in [3.05, 3.63) is 0 Å². The number of hydrogen-bond acceptors (Lipinski definition) is 5. The number of carboxylic acid groups (broad SMARTS) is 1. The van der Waals surface area contributed by atoms with E-state index in [-0.39, 0.29) is 18.7 Å². The Labute approximate surface area is 88.7 Å². The summed E-state index contributed by atoms with van der Waals surface area (Å²) in [6.45, 7) is 5.69. The van der Waals surface area contributed by atoms with Gasteiger partial charge in [-0.3, -0.25) is 0 Å². The first-order valence-corrected chi connectivity index (χ1v) is 4.62. The van der Waals surface area contributed by atoms with Gasteiger partial charge in [0.05, 0.1) is 11.7 Å². The molecule has 0 amide bonds. The smallest absolute Gasteiger partial charge is 0.353 e. The minimum atomic E-state index is -1.27. The zero-order valence-corrected chi connectivity index (χ0v) is 9.23. The highest BCUT2D eigenvalue weighted by Crippen LogP contribution is 2.13. The maximum Gasteiger partial charge on any atom is 0.353 e. The van der Waals surface area contributed by atoms with Crippen molar-refractivity contribution in [2.75, 3.05) is 6.54 Å². The van der Waals surface area contributed by atoms with E-state index >= 15 is 0 Å². The van der Waals surface area contributed by atoms with Gasteiger partial charge in [-0.15, -0.1) is 0 Å². The number of carbonyl (C=O) groups is 1. The number of nitrogens with zero attached hydrogens (tertiary/aromatic N) is 1. The van der Waals surface area contributed by atoms with Crippen LogP contribution in [-0.4, -0.2) is 40.2 Å². The third-order valence-corrected chi connectivity index (χ3v) is 1.57. The Morgan fingerprint density at radius 2 is 2.07 bits per heavy atom. The lowest BCUT2D eigenvalue weighted by Gasteiger charge is -2.26. The second-order valence-corrected chi connectivity index (χ2v) is 4.14. The largest absolute Gasteiger partial charge is 0.477 e. The average molecular weight is 218 g/mol. The minimum Gasteiger partial charge on any atom is -0.477 e. The van der Waals surface area contributed by atoms with Crippen LogP contribution in [0.2, 0.25) is 0 Å². The normalized spacial score (nSPS) is 15.1. The van der Waals surface area contributed by atoms with Crippen molar-refractivity contribution in [1.29, 1.82) is 0 Å². The molecule has 0 aliphatic heterocycles. The van der Waals surface area contributed by atoms with Gasteiger partial charge in [0.15, 0.2) is 5.71 Å². The molecule has 0 bridgehead atoms. The van der Waals surface area contributed by atoms with Gasteiger partial charge >= 0.3 is 5.97 Å². The fraction of sp³-hybridized carbons (Fsp3) is 0.778. The van der Waals surface area contributed by atoms with Crippen molar-refractivity contribution in [1.82, 2.24) is 0 Å². The van der Waals surface area contributed by atoms with E-state index in [9.17, 15) is 4.79 Å². The Morgan fingerprint density at radius 1 is 1.53 bits per heavy atom. The van der Waals surface area contributed by atoms with Crippen LogP contribution in [0.15, 0.2) is 5.16 Å². The van der Waals surface area contributed by atoms with Crippen LogP contribution >= 0.6 is 0 Å². The van der Waals surface area contributed by atoms with Crippen molar-refractivity contribution < 1.29 is 19.8 Å². The molecule has 1 atom stereocenters. The number of carboxylic acids is 1. The zero-order chi connectivity index (χ0) is 12.1.